The number of rotatable bonds is 6. The van der Waals surface area contributed by atoms with E-state index in [-0.39, 0.29) is 6.10 Å². The van der Waals surface area contributed by atoms with Gasteiger partial charge in [-0.05, 0) is 24.6 Å². The Kier molecular flexibility index (Phi) is 6.30. The average molecular weight is 297 g/mol. The number of guanidine groups is 1. The van der Waals surface area contributed by atoms with Crippen molar-refractivity contribution in [3.8, 4) is 5.75 Å². The fourth-order valence-electron chi connectivity index (χ4n) is 2.02. The highest BCUT2D eigenvalue weighted by Crippen LogP contribution is 2.10. The first kappa shape index (κ1) is 15.9. The highest BCUT2D eigenvalue weighted by Gasteiger charge is 2.05. The highest BCUT2D eigenvalue weighted by molar-refractivity contribution is 5.79. The van der Waals surface area contributed by atoms with Crippen molar-refractivity contribution in [1.82, 2.24) is 10.6 Å². The van der Waals surface area contributed by atoms with Gasteiger partial charge in [0.25, 0.3) is 0 Å². The van der Waals surface area contributed by atoms with Crippen LogP contribution < -0.4 is 15.4 Å². The van der Waals surface area contributed by atoms with Crippen molar-refractivity contribution < 1.29 is 4.74 Å². The molecule has 22 heavy (non-hydrogen) atoms. The van der Waals surface area contributed by atoms with Crippen molar-refractivity contribution in [1.29, 1.82) is 0 Å². The Labute approximate surface area is 132 Å². The van der Waals surface area contributed by atoms with Crippen molar-refractivity contribution in [3.63, 3.8) is 0 Å². The Morgan fingerprint density at radius 1 is 1.00 bits per heavy atom. The van der Waals surface area contributed by atoms with Gasteiger partial charge in [-0.2, -0.15) is 0 Å². The zero-order chi connectivity index (χ0) is 15.6. The van der Waals surface area contributed by atoms with E-state index in [2.05, 4.69) is 27.8 Å². The molecule has 4 heteroatoms. The maximum Gasteiger partial charge on any atom is 0.191 e. The topological polar surface area (TPSA) is 45.7 Å². The van der Waals surface area contributed by atoms with E-state index in [0.29, 0.717) is 6.54 Å². The molecule has 2 aromatic rings. The lowest BCUT2D eigenvalue weighted by molar-refractivity contribution is 0.224. The van der Waals surface area contributed by atoms with Gasteiger partial charge in [0.15, 0.2) is 5.96 Å². The average Bonchev–Trinajstić information content (AvgIpc) is 2.57. The molecule has 1 atom stereocenters. The standard InChI is InChI=1S/C18H23N3O/c1-15(22-17-11-7-4-8-12-17)13-20-18(19-2)21-14-16-9-5-3-6-10-16/h3-12,15H,13-14H2,1-2H3,(H2,19,20,21). The number of hydrogen-bond donors (Lipinski definition) is 2. The maximum atomic E-state index is 5.83. The van der Waals surface area contributed by atoms with Gasteiger partial charge >= 0.3 is 0 Å². The third-order valence-corrected chi connectivity index (χ3v) is 3.16. The monoisotopic (exact) mass is 297 g/mol. The van der Waals surface area contributed by atoms with E-state index in [1.165, 1.54) is 5.56 Å². The molecular weight excluding hydrogens is 274 g/mol. The Morgan fingerprint density at radius 2 is 1.64 bits per heavy atom. The summed E-state index contributed by atoms with van der Waals surface area (Å²) in [5.74, 6) is 1.65. The summed E-state index contributed by atoms with van der Waals surface area (Å²) in [5.41, 5.74) is 1.22. The van der Waals surface area contributed by atoms with E-state index in [1.807, 2.05) is 55.5 Å². The molecule has 0 aliphatic rings. The van der Waals surface area contributed by atoms with Crippen LogP contribution >= 0.6 is 0 Å². The van der Waals surface area contributed by atoms with Crippen molar-refractivity contribution >= 4 is 5.96 Å². The zero-order valence-corrected chi connectivity index (χ0v) is 13.1. The molecule has 0 aliphatic carbocycles. The molecule has 4 nitrogen and oxygen atoms in total. The van der Waals surface area contributed by atoms with Crippen LogP contribution in [0.2, 0.25) is 0 Å². The van der Waals surface area contributed by atoms with Gasteiger partial charge in [0.1, 0.15) is 11.9 Å². The first-order valence-corrected chi connectivity index (χ1v) is 7.48. The maximum absolute atomic E-state index is 5.83. The van der Waals surface area contributed by atoms with Gasteiger partial charge in [0.2, 0.25) is 0 Å². The van der Waals surface area contributed by atoms with Crippen molar-refractivity contribution in [2.24, 2.45) is 4.99 Å². The zero-order valence-electron chi connectivity index (χ0n) is 13.1. The Balaban J connectivity index is 1.74. The summed E-state index contributed by atoms with van der Waals surface area (Å²) < 4.78 is 5.83. The lowest BCUT2D eigenvalue weighted by Crippen LogP contribution is -2.41. The molecule has 0 spiro atoms. The third kappa shape index (κ3) is 5.48. The number of benzene rings is 2. The molecule has 0 aliphatic heterocycles. The Hall–Kier alpha value is -2.49. The second-order valence-corrected chi connectivity index (χ2v) is 5.03. The lowest BCUT2D eigenvalue weighted by atomic mass is 10.2. The molecule has 0 saturated carbocycles. The van der Waals surface area contributed by atoms with Crippen LogP contribution in [-0.2, 0) is 6.54 Å². The van der Waals surface area contributed by atoms with Gasteiger partial charge in [-0.1, -0.05) is 48.5 Å². The molecule has 0 bridgehead atoms. The summed E-state index contributed by atoms with van der Waals surface area (Å²) in [4.78, 5) is 4.22. The summed E-state index contributed by atoms with van der Waals surface area (Å²) in [6.45, 7) is 3.46. The molecule has 0 radical (unpaired) electrons. The van der Waals surface area contributed by atoms with Gasteiger partial charge in [-0.15, -0.1) is 0 Å². The van der Waals surface area contributed by atoms with E-state index in [0.717, 1.165) is 18.3 Å². The van der Waals surface area contributed by atoms with Crippen LogP contribution in [0.5, 0.6) is 5.75 Å². The first-order valence-electron chi connectivity index (χ1n) is 7.48. The molecule has 2 aromatic carbocycles. The minimum atomic E-state index is 0.0534. The van der Waals surface area contributed by atoms with Gasteiger partial charge in [-0.25, -0.2) is 0 Å². The van der Waals surface area contributed by atoms with E-state index in [1.54, 1.807) is 7.05 Å². The van der Waals surface area contributed by atoms with Gasteiger partial charge in [0, 0.05) is 13.6 Å². The fraction of sp³-hybridized carbons (Fsp3) is 0.278. The predicted molar refractivity (Wildman–Crippen MR) is 91.2 cm³/mol. The molecule has 1 unspecified atom stereocenters. The molecule has 2 rings (SSSR count). The molecule has 0 aromatic heterocycles. The second kappa shape index (κ2) is 8.72. The van der Waals surface area contributed by atoms with Crippen LogP contribution in [0.1, 0.15) is 12.5 Å². The van der Waals surface area contributed by atoms with Crippen LogP contribution in [0.4, 0.5) is 0 Å². The fourth-order valence-corrected chi connectivity index (χ4v) is 2.02. The number of nitrogens with one attached hydrogen (secondary N) is 2. The van der Waals surface area contributed by atoms with E-state index >= 15 is 0 Å². The minimum absolute atomic E-state index is 0.0534. The number of hydrogen-bond acceptors (Lipinski definition) is 2. The molecular formula is C18H23N3O. The molecule has 0 saturated heterocycles. The summed E-state index contributed by atoms with van der Waals surface area (Å²) in [7, 11) is 1.77. The first-order chi connectivity index (χ1) is 10.8. The SMILES string of the molecule is CN=C(NCc1ccccc1)NCC(C)Oc1ccccc1. The third-order valence-electron chi connectivity index (χ3n) is 3.16. The Morgan fingerprint density at radius 3 is 2.27 bits per heavy atom. The lowest BCUT2D eigenvalue weighted by Gasteiger charge is -2.17. The van der Waals surface area contributed by atoms with Gasteiger partial charge < -0.3 is 15.4 Å². The van der Waals surface area contributed by atoms with Crippen LogP contribution in [0, 0.1) is 0 Å². The predicted octanol–water partition coefficient (Wildman–Crippen LogP) is 2.82. The van der Waals surface area contributed by atoms with Crippen molar-refractivity contribution in [3.05, 3.63) is 66.2 Å². The number of aliphatic imine (C=N–C) groups is 1. The number of ether oxygens (including phenoxy) is 1. The normalized spacial score (nSPS) is 12.5. The summed E-state index contributed by atoms with van der Waals surface area (Å²) in [5, 5.41) is 6.56. The largest absolute Gasteiger partial charge is 0.489 e. The second-order valence-electron chi connectivity index (χ2n) is 5.03. The number of para-hydroxylation sites is 1. The summed E-state index contributed by atoms with van der Waals surface area (Å²) in [6, 6.07) is 20.1. The Bertz CT molecular complexity index is 569. The van der Waals surface area contributed by atoms with E-state index in [9.17, 15) is 0 Å². The van der Waals surface area contributed by atoms with E-state index in [4.69, 9.17) is 4.74 Å². The van der Waals surface area contributed by atoms with E-state index < -0.39 is 0 Å². The van der Waals surface area contributed by atoms with Crippen LogP contribution in [0.3, 0.4) is 0 Å². The van der Waals surface area contributed by atoms with Gasteiger partial charge in [-0.3, -0.25) is 4.99 Å². The highest BCUT2D eigenvalue weighted by atomic mass is 16.5. The molecule has 0 fully saturated rings. The minimum Gasteiger partial charge on any atom is -0.489 e. The number of nitrogens with zero attached hydrogens (tertiary/aromatic N) is 1. The smallest absolute Gasteiger partial charge is 0.191 e. The van der Waals surface area contributed by atoms with Crippen LogP contribution in [0.25, 0.3) is 0 Å². The van der Waals surface area contributed by atoms with Crippen LogP contribution in [0.15, 0.2) is 65.7 Å². The van der Waals surface area contributed by atoms with Gasteiger partial charge in [0.05, 0.1) is 6.54 Å². The van der Waals surface area contributed by atoms with Crippen molar-refractivity contribution in [2.75, 3.05) is 13.6 Å². The summed E-state index contributed by atoms with van der Waals surface area (Å²) in [6.07, 6.45) is 0.0534. The summed E-state index contributed by atoms with van der Waals surface area (Å²) >= 11 is 0. The molecule has 0 heterocycles. The van der Waals surface area contributed by atoms with Crippen LogP contribution in [-0.4, -0.2) is 25.7 Å². The quantitative estimate of drug-likeness (QED) is 0.636. The molecule has 2 N–H and O–H groups in total. The van der Waals surface area contributed by atoms with Crippen molar-refractivity contribution in [2.45, 2.75) is 19.6 Å². The molecule has 116 valence electrons. The molecule has 0 amide bonds.